The number of hydrogen-bond acceptors (Lipinski definition) is 3. The number of β-amino-alcohol motifs (C(OH)–C–C–N with tert-alkyl or cyclic N) is 1. The molecule has 2 rings (SSSR count). The Hall–Kier alpha value is -0.580. The smallest absolute Gasteiger partial charge is 0.119 e. The van der Waals surface area contributed by atoms with E-state index in [4.69, 9.17) is 4.74 Å². The summed E-state index contributed by atoms with van der Waals surface area (Å²) in [6.07, 6.45) is 4.51. The van der Waals surface area contributed by atoms with Gasteiger partial charge in [-0.05, 0) is 44.0 Å². The van der Waals surface area contributed by atoms with Gasteiger partial charge in [-0.1, -0.05) is 28.8 Å². The molecule has 106 valence electrons. The molecule has 1 fully saturated rings. The summed E-state index contributed by atoms with van der Waals surface area (Å²) in [4.78, 5) is 0. The summed E-state index contributed by atoms with van der Waals surface area (Å²) in [6.45, 7) is 3.15. The zero-order valence-electron chi connectivity index (χ0n) is 11.4. The summed E-state index contributed by atoms with van der Waals surface area (Å²) >= 11 is 3.38. The number of ether oxygens (including phenoxy) is 1. The zero-order chi connectivity index (χ0) is 13.7. The minimum atomic E-state index is -0.471. The molecule has 19 heavy (non-hydrogen) atoms. The second-order valence-corrected chi connectivity index (χ2v) is 6.48. The van der Waals surface area contributed by atoms with Crippen LogP contribution in [0.15, 0.2) is 28.7 Å². The molecule has 1 aromatic carbocycles. The summed E-state index contributed by atoms with van der Waals surface area (Å²) in [5.41, 5.74) is 0.207. The molecular formula is C15H22BrNO2. The van der Waals surface area contributed by atoms with Gasteiger partial charge in [0, 0.05) is 16.6 Å². The SMILES string of the molecule is CC1(NCC(O)COc2ccc(Br)cc2)CCCC1. The Morgan fingerprint density at radius 2 is 1.95 bits per heavy atom. The van der Waals surface area contributed by atoms with Crippen LogP contribution in [-0.2, 0) is 0 Å². The maximum atomic E-state index is 9.94. The van der Waals surface area contributed by atoms with Crippen LogP contribution in [0.5, 0.6) is 5.75 Å². The summed E-state index contributed by atoms with van der Waals surface area (Å²) in [5.74, 6) is 0.786. The third kappa shape index (κ3) is 4.79. The predicted molar refractivity (Wildman–Crippen MR) is 80.5 cm³/mol. The minimum Gasteiger partial charge on any atom is -0.491 e. The molecule has 0 spiro atoms. The Balaban J connectivity index is 1.69. The Morgan fingerprint density at radius 3 is 2.58 bits per heavy atom. The number of aliphatic hydroxyl groups excluding tert-OH is 1. The van der Waals surface area contributed by atoms with E-state index in [2.05, 4.69) is 28.2 Å². The number of hydrogen-bond donors (Lipinski definition) is 2. The van der Waals surface area contributed by atoms with E-state index in [0.29, 0.717) is 13.2 Å². The molecule has 1 atom stereocenters. The van der Waals surface area contributed by atoms with Gasteiger partial charge in [-0.2, -0.15) is 0 Å². The fraction of sp³-hybridized carbons (Fsp3) is 0.600. The van der Waals surface area contributed by atoms with Crippen LogP contribution < -0.4 is 10.1 Å². The van der Waals surface area contributed by atoms with Gasteiger partial charge in [0.05, 0.1) is 0 Å². The van der Waals surface area contributed by atoms with Crippen LogP contribution in [0.25, 0.3) is 0 Å². The lowest BCUT2D eigenvalue weighted by atomic mass is 10.0. The van der Waals surface area contributed by atoms with Crippen molar-refractivity contribution in [2.75, 3.05) is 13.2 Å². The molecule has 1 aliphatic rings. The van der Waals surface area contributed by atoms with E-state index in [9.17, 15) is 5.11 Å². The van der Waals surface area contributed by atoms with Crippen molar-refractivity contribution in [1.82, 2.24) is 5.32 Å². The van der Waals surface area contributed by atoms with Gasteiger partial charge in [0.25, 0.3) is 0 Å². The Morgan fingerprint density at radius 1 is 1.32 bits per heavy atom. The summed E-state index contributed by atoms with van der Waals surface area (Å²) in [7, 11) is 0. The highest BCUT2D eigenvalue weighted by atomic mass is 79.9. The topological polar surface area (TPSA) is 41.5 Å². The van der Waals surface area contributed by atoms with Crippen LogP contribution in [0.1, 0.15) is 32.6 Å². The fourth-order valence-electron chi connectivity index (χ4n) is 2.48. The predicted octanol–water partition coefficient (Wildman–Crippen LogP) is 3.11. The van der Waals surface area contributed by atoms with Crippen molar-refractivity contribution in [3.8, 4) is 5.75 Å². The highest BCUT2D eigenvalue weighted by molar-refractivity contribution is 9.10. The van der Waals surface area contributed by atoms with E-state index in [1.807, 2.05) is 24.3 Å². The van der Waals surface area contributed by atoms with Crippen molar-refractivity contribution in [3.63, 3.8) is 0 Å². The Labute approximate surface area is 123 Å². The van der Waals surface area contributed by atoms with Crippen molar-refractivity contribution in [2.24, 2.45) is 0 Å². The van der Waals surface area contributed by atoms with E-state index < -0.39 is 6.10 Å². The van der Waals surface area contributed by atoms with Gasteiger partial charge in [-0.25, -0.2) is 0 Å². The van der Waals surface area contributed by atoms with E-state index in [1.165, 1.54) is 25.7 Å². The van der Waals surface area contributed by atoms with Gasteiger partial charge in [0.2, 0.25) is 0 Å². The average molecular weight is 328 g/mol. The lowest BCUT2D eigenvalue weighted by Gasteiger charge is -2.27. The average Bonchev–Trinajstić information content (AvgIpc) is 2.83. The van der Waals surface area contributed by atoms with E-state index in [-0.39, 0.29) is 5.54 Å². The molecule has 1 aromatic rings. The first-order valence-corrected chi connectivity index (χ1v) is 7.68. The first-order valence-electron chi connectivity index (χ1n) is 6.89. The van der Waals surface area contributed by atoms with Gasteiger partial charge < -0.3 is 15.2 Å². The second-order valence-electron chi connectivity index (χ2n) is 5.57. The van der Waals surface area contributed by atoms with Crippen molar-refractivity contribution in [3.05, 3.63) is 28.7 Å². The van der Waals surface area contributed by atoms with Gasteiger partial charge in [-0.3, -0.25) is 0 Å². The molecule has 0 aliphatic heterocycles. The van der Waals surface area contributed by atoms with Crippen molar-refractivity contribution >= 4 is 15.9 Å². The Kier molecular flexibility index (Phi) is 5.25. The molecule has 1 aliphatic carbocycles. The van der Waals surface area contributed by atoms with Crippen LogP contribution in [0.2, 0.25) is 0 Å². The van der Waals surface area contributed by atoms with Gasteiger partial charge in [0.1, 0.15) is 18.5 Å². The highest BCUT2D eigenvalue weighted by Gasteiger charge is 2.28. The van der Waals surface area contributed by atoms with Crippen molar-refractivity contribution < 1.29 is 9.84 Å². The van der Waals surface area contributed by atoms with Gasteiger partial charge >= 0.3 is 0 Å². The largest absolute Gasteiger partial charge is 0.491 e. The maximum Gasteiger partial charge on any atom is 0.119 e. The molecule has 2 N–H and O–H groups in total. The third-order valence-electron chi connectivity index (χ3n) is 3.73. The third-order valence-corrected chi connectivity index (χ3v) is 4.26. The number of nitrogens with one attached hydrogen (secondary N) is 1. The monoisotopic (exact) mass is 327 g/mol. The number of benzene rings is 1. The number of halogens is 1. The lowest BCUT2D eigenvalue weighted by Crippen LogP contribution is -2.44. The van der Waals surface area contributed by atoms with Gasteiger partial charge in [-0.15, -0.1) is 0 Å². The van der Waals surface area contributed by atoms with E-state index >= 15 is 0 Å². The fourth-order valence-corrected chi connectivity index (χ4v) is 2.74. The lowest BCUT2D eigenvalue weighted by molar-refractivity contribution is 0.0979. The van der Waals surface area contributed by atoms with Gasteiger partial charge in [0.15, 0.2) is 0 Å². The highest BCUT2D eigenvalue weighted by Crippen LogP contribution is 2.28. The molecule has 4 heteroatoms. The molecule has 0 heterocycles. The molecule has 0 bridgehead atoms. The normalized spacial score (nSPS) is 19.3. The van der Waals surface area contributed by atoms with Crippen LogP contribution >= 0.6 is 15.9 Å². The van der Waals surface area contributed by atoms with Crippen LogP contribution in [0.3, 0.4) is 0 Å². The first kappa shape index (κ1) is 14.8. The number of aliphatic hydroxyl groups is 1. The van der Waals surface area contributed by atoms with E-state index in [1.54, 1.807) is 0 Å². The molecule has 3 nitrogen and oxygen atoms in total. The zero-order valence-corrected chi connectivity index (χ0v) is 12.9. The summed E-state index contributed by atoms with van der Waals surface area (Å²) in [6, 6.07) is 7.64. The molecule has 0 amide bonds. The first-order chi connectivity index (χ1) is 9.07. The molecule has 0 saturated heterocycles. The molecule has 0 aromatic heterocycles. The maximum absolute atomic E-state index is 9.94. The molecular weight excluding hydrogens is 306 g/mol. The summed E-state index contributed by atoms with van der Waals surface area (Å²) in [5, 5.41) is 13.4. The minimum absolute atomic E-state index is 0.207. The Bertz CT molecular complexity index is 388. The quantitative estimate of drug-likeness (QED) is 0.843. The number of rotatable bonds is 6. The van der Waals surface area contributed by atoms with Crippen LogP contribution in [0.4, 0.5) is 0 Å². The molecule has 1 unspecified atom stereocenters. The molecule has 0 radical (unpaired) electrons. The molecule has 1 saturated carbocycles. The van der Waals surface area contributed by atoms with Crippen LogP contribution in [-0.4, -0.2) is 29.9 Å². The van der Waals surface area contributed by atoms with Crippen LogP contribution in [0, 0.1) is 0 Å². The van der Waals surface area contributed by atoms with Crippen molar-refractivity contribution in [1.29, 1.82) is 0 Å². The summed E-state index contributed by atoms with van der Waals surface area (Å²) < 4.78 is 6.58. The van der Waals surface area contributed by atoms with Crippen molar-refractivity contribution in [2.45, 2.75) is 44.2 Å². The second kappa shape index (κ2) is 6.73. The van der Waals surface area contributed by atoms with E-state index in [0.717, 1.165) is 10.2 Å². The standard InChI is InChI=1S/C15H22BrNO2/c1-15(8-2-3-9-15)17-10-13(18)11-19-14-6-4-12(16)5-7-14/h4-7,13,17-18H,2-3,8-11H2,1H3.